The van der Waals surface area contributed by atoms with Gasteiger partial charge in [0.2, 0.25) is 5.91 Å². The molecular formula is C16H26N2O3. The number of amides is 1. The Morgan fingerprint density at radius 3 is 2.24 bits per heavy atom. The minimum atomic E-state index is -0.536. The molecule has 0 aliphatic rings. The summed E-state index contributed by atoms with van der Waals surface area (Å²) >= 11 is 0. The van der Waals surface area contributed by atoms with Crippen LogP contribution in [0.5, 0.6) is 11.5 Å². The van der Waals surface area contributed by atoms with E-state index >= 15 is 0 Å². The topological polar surface area (TPSA) is 73.6 Å². The molecule has 0 aromatic heterocycles. The molecule has 0 radical (unpaired) electrons. The third-order valence-corrected chi connectivity index (χ3v) is 3.18. The molecule has 1 rings (SSSR count). The van der Waals surface area contributed by atoms with Crippen LogP contribution in [0.15, 0.2) is 24.3 Å². The normalized spacial score (nSPS) is 14.2. The maximum atomic E-state index is 11.9. The van der Waals surface area contributed by atoms with Crippen molar-refractivity contribution in [1.82, 2.24) is 5.32 Å². The fourth-order valence-corrected chi connectivity index (χ4v) is 1.68. The molecule has 0 saturated heterocycles. The second kappa shape index (κ2) is 7.31. The maximum Gasteiger partial charge on any atom is 0.237 e. The molecule has 118 valence electrons. The first-order valence-electron chi connectivity index (χ1n) is 7.08. The van der Waals surface area contributed by atoms with Gasteiger partial charge in [-0.25, -0.2) is 0 Å². The van der Waals surface area contributed by atoms with Crippen molar-refractivity contribution in [2.45, 2.75) is 39.8 Å². The van der Waals surface area contributed by atoms with Crippen molar-refractivity contribution in [3.8, 4) is 11.5 Å². The van der Waals surface area contributed by atoms with Crippen LogP contribution < -0.4 is 20.5 Å². The summed E-state index contributed by atoms with van der Waals surface area (Å²) in [6.45, 7) is 8.12. The Morgan fingerprint density at radius 1 is 1.24 bits per heavy atom. The Hall–Kier alpha value is -1.75. The average molecular weight is 294 g/mol. The summed E-state index contributed by atoms with van der Waals surface area (Å²) in [5, 5.41) is 2.82. The zero-order chi connectivity index (χ0) is 16.0. The second-order valence-electron chi connectivity index (χ2n) is 6.19. The van der Waals surface area contributed by atoms with Crippen LogP contribution in [0.4, 0.5) is 0 Å². The zero-order valence-electron chi connectivity index (χ0n) is 13.5. The van der Waals surface area contributed by atoms with Crippen LogP contribution in [0.1, 0.15) is 27.7 Å². The first-order chi connectivity index (χ1) is 9.74. The van der Waals surface area contributed by atoms with Crippen LogP contribution in [0, 0.1) is 5.41 Å². The molecule has 1 aromatic carbocycles. The minimum Gasteiger partial charge on any atom is -0.497 e. The third-order valence-electron chi connectivity index (χ3n) is 3.18. The molecule has 5 heteroatoms. The van der Waals surface area contributed by atoms with Gasteiger partial charge < -0.3 is 20.5 Å². The smallest absolute Gasteiger partial charge is 0.237 e. The van der Waals surface area contributed by atoms with Crippen LogP contribution in [-0.2, 0) is 4.79 Å². The van der Waals surface area contributed by atoms with E-state index in [-0.39, 0.29) is 17.4 Å². The largest absolute Gasteiger partial charge is 0.497 e. The van der Waals surface area contributed by atoms with E-state index in [1.54, 1.807) is 7.11 Å². The van der Waals surface area contributed by atoms with Crippen molar-refractivity contribution < 1.29 is 14.3 Å². The van der Waals surface area contributed by atoms with Crippen LogP contribution in [-0.4, -0.2) is 31.7 Å². The summed E-state index contributed by atoms with van der Waals surface area (Å²) < 4.78 is 10.8. The fraction of sp³-hybridized carbons (Fsp3) is 0.562. The predicted molar refractivity (Wildman–Crippen MR) is 83.5 cm³/mol. The molecular weight excluding hydrogens is 268 g/mol. The molecule has 1 aromatic rings. The predicted octanol–water partition coefficient (Wildman–Crippen LogP) is 1.95. The summed E-state index contributed by atoms with van der Waals surface area (Å²) in [4.78, 5) is 11.9. The van der Waals surface area contributed by atoms with Gasteiger partial charge in [0.1, 0.15) is 17.6 Å². The molecule has 0 aliphatic carbocycles. The quantitative estimate of drug-likeness (QED) is 0.841. The lowest BCUT2D eigenvalue weighted by molar-refractivity contribution is -0.124. The molecule has 2 atom stereocenters. The van der Waals surface area contributed by atoms with Gasteiger partial charge in [0, 0.05) is 0 Å². The van der Waals surface area contributed by atoms with E-state index in [9.17, 15) is 4.79 Å². The highest BCUT2D eigenvalue weighted by atomic mass is 16.5. The lowest BCUT2D eigenvalue weighted by Gasteiger charge is -2.26. The number of benzene rings is 1. The molecule has 0 saturated carbocycles. The summed E-state index contributed by atoms with van der Waals surface area (Å²) in [7, 11) is 1.62. The monoisotopic (exact) mass is 294 g/mol. The van der Waals surface area contributed by atoms with E-state index in [4.69, 9.17) is 15.2 Å². The van der Waals surface area contributed by atoms with E-state index in [0.717, 1.165) is 11.5 Å². The molecule has 1 amide bonds. The Bertz CT molecular complexity index is 452. The molecule has 0 bridgehead atoms. The highest BCUT2D eigenvalue weighted by molar-refractivity contribution is 5.82. The highest BCUT2D eigenvalue weighted by Gasteiger charge is 2.27. The molecule has 0 spiro atoms. The molecule has 21 heavy (non-hydrogen) atoms. The van der Waals surface area contributed by atoms with E-state index in [1.165, 1.54) is 0 Å². The van der Waals surface area contributed by atoms with Gasteiger partial charge in [0.15, 0.2) is 0 Å². The van der Waals surface area contributed by atoms with Crippen molar-refractivity contribution >= 4 is 5.91 Å². The van der Waals surface area contributed by atoms with Gasteiger partial charge in [-0.1, -0.05) is 20.8 Å². The second-order valence-corrected chi connectivity index (χ2v) is 6.19. The summed E-state index contributed by atoms with van der Waals surface area (Å²) in [6, 6.07) is 6.79. The van der Waals surface area contributed by atoms with Crippen LogP contribution in [0.2, 0.25) is 0 Å². The van der Waals surface area contributed by atoms with Crippen molar-refractivity contribution in [3.05, 3.63) is 24.3 Å². The number of carbonyl (C=O) groups excluding carboxylic acids is 1. The lowest BCUT2D eigenvalue weighted by atomic mass is 9.87. The van der Waals surface area contributed by atoms with E-state index in [1.807, 2.05) is 52.0 Å². The van der Waals surface area contributed by atoms with Gasteiger partial charge in [-0.3, -0.25) is 4.79 Å². The van der Waals surface area contributed by atoms with Crippen molar-refractivity contribution in [2.75, 3.05) is 13.7 Å². The average Bonchev–Trinajstić information content (AvgIpc) is 2.43. The van der Waals surface area contributed by atoms with Gasteiger partial charge in [-0.2, -0.15) is 0 Å². The van der Waals surface area contributed by atoms with E-state index in [2.05, 4.69) is 5.32 Å². The summed E-state index contributed by atoms with van der Waals surface area (Å²) in [6.07, 6.45) is -0.144. The molecule has 5 nitrogen and oxygen atoms in total. The Labute approximate surface area is 126 Å². The lowest BCUT2D eigenvalue weighted by Crippen LogP contribution is -2.50. The third kappa shape index (κ3) is 5.63. The van der Waals surface area contributed by atoms with Crippen molar-refractivity contribution in [2.24, 2.45) is 11.1 Å². The van der Waals surface area contributed by atoms with Gasteiger partial charge >= 0.3 is 0 Å². The van der Waals surface area contributed by atoms with Crippen LogP contribution in [0.3, 0.4) is 0 Å². The Morgan fingerprint density at radius 2 is 1.76 bits per heavy atom. The number of hydrogen-bond donors (Lipinski definition) is 2. The fourth-order valence-electron chi connectivity index (χ4n) is 1.68. The zero-order valence-corrected chi connectivity index (χ0v) is 13.5. The molecule has 3 N–H and O–H groups in total. The standard InChI is InChI=1S/C16H26N2O3/c1-11(10-18-15(19)14(17)16(2,3)4)21-13-8-6-12(20-5)7-9-13/h6-9,11,14H,10,17H2,1-5H3,(H,18,19)/t11?,14-/m1/s1. The van der Waals surface area contributed by atoms with Gasteiger partial charge in [-0.15, -0.1) is 0 Å². The minimum absolute atomic E-state index is 0.144. The first kappa shape index (κ1) is 17.3. The number of rotatable bonds is 6. The number of nitrogens with one attached hydrogen (secondary N) is 1. The van der Waals surface area contributed by atoms with Gasteiger partial charge in [0.05, 0.1) is 19.7 Å². The maximum absolute atomic E-state index is 11.9. The van der Waals surface area contributed by atoms with Crippen LogP contribution in [0.25, 0.3) is 0 Å². The molecule has 0 fully saturated rings. The highest BCUT2D eigenvalue weighted by Crippen LogP contribution is 2.19. The first-order valence-corrected chi connectivity index (χ1v) is 7.08. The molecule has 0 heterocycles. The Balaban J connectivity index is 2.43. The van der Waals surface area contributed by atoms with E-state index < -0.39 is 6.04 Å². The van der Waals surface area contributed by atoms with Crippen molar-refractivity contribution in [1.29, 1.82) is 0 Å². The molecule has 1 unspecified atom stereocenters. The number of nitrogens with two attached hydrogens (primary N) is 1. The van der Waals surface area contributed by atoms with Crippen molar-refractivity contribution in [3.63, 3.8) is 0 Å². The number of ether oxygens (including phenoxy) is 2. The van der Waals surface area contributed by atoms with E-state index in [0.29, 0.717) is 6.54 Å². The van der Waals surface area contributed by atoms with Gasteiger partial charge in [-0.05, 0) is 36.6 Å². The van der Waals surface area contributed by atoms with Crippen LogP contribution >= 0.6 is 0 Å². The summed E-state index contributed by atoms with van der Waals surface area (Å²) in [5.74, 6) is 1.35. The number of methoxy groups -OCH3 is 1. The number of hydrogen-bond acceptors (Lipinski definition) is 4. The molecule has 0 aliphatic heterocycles. The SMILES string of the molecule is COc1ccc(OC(C)CNC(=O)[C@@H](N)C(C)(C)C)cc1. The Kier molecular flexibility index (Phi) is 6.03. The summed E-state index contributed by atoms with van der Waals surface area (Å²) in [5.41, 5.74) is 5.64. The van der Waals surface area contributed by atoms with Gasteiger partial charge in [0.25, 0.3) is 0 Å². The number of carbonyl (C=O) groups is 1.